The fraction of sp³-hybridized carbons (Fsp3) is 0.692. The van der Waals surface area contributed by atoms with Gasteiger partial charge in [0.2, 0.25) is 10.0 Å². The van der Waals surface area contributed by atoms with Gasteiger partial charge in [0.25, 0.3) is 0 Å². The lowest BCUT2D eigenvalue weighted by Crippen LogP contribution is -2.43. The third-order valence-electron chi connectivity index (χ3n) is 4.12. The number of nitrogens with two attached hydrogens (primary N) is 1. The molecule has 1 heterocycles. The van der Waals surface area contributed by atoms with Crippen LogP contribution in [0.4, 0.5) is 0 Å². The van der Waals surface area contributed by atoms with E-state index in [1.807, 2.05) is 0 Å². The Hall–Kier alpha value is -0.430. The number of hydrogen-bond acceptors (Lipinski definition) is 4. The average Bonchev–Trinajstić information content (AvgIpc) is 2.84. The van der Waals surface area contributed by atoms with Gasteiger partial charge in [-0.25, -0.2) is 13.1 Å². The summed E-state index contributed by atoms with van der Waals surface area (Å²) in [5.41, 5.74) is 5.53. The van der Waals surface area contributed by atoms with Crippen LogP contribution in [0.2, 0.25) is 0 Å². The van der Waals surface area contributed by atoms with Crippen LogP contribution in [0, 0.1) is 11.8 Å². The van der Waals surface area contributed by atoms with Gasteiger partial charge in [0.05, 0.1) is 0 Å². The minimum Gasteiger partial charge on any atom is -0.326 e. The van der Waals surface area contributed by atoms with Crippen LogP contribution >= 0.6 is 11.3 Å². The highest BCUT2D eigenvalue weighted by atomic mass is 32.2. The van der Waals surface area contributed by atoms with Crippen molar-refractivity contribution in [2.75, 3.05) is 0 Å². The summed E-state index contributed by atoms with van der Waals surface area (Å²) in [6.07, 6.45) is 3.22. The van der Waals surface area contributed by atoms with Crippen molar-refractivity contribution in [3.63, 3.8) is 0 Å². The molecule has 4 nitrogen and oxygen atoms in total. The molecule has 3 N–H and O–H groups in total. The second kappa shape index (κ2) is 5.91. The molecular formula is C13H22N2O2S2. The molecule has 0 amide bonds. The highest BCUT2D eigenvalue weighted by Crippen LogP contribution is 2.31. The minimum atomic E-state index is -3.39. The monoisotopic (exact) mass is 302 g/mol. The van der Waals surface area contributed by atoms with Crippen LogP contribution in [0.1, 0.15) is 38.0 Å². The lowest BCUT2D eigenvalue weighted by atomic mass is 9.78. The van der Waals surface area contributed by atoms with Crippen molar-refractivity contribution in [2.45, 2.75) is 49.9 Å². The van der Waals surface area contributed by atoms with E-state index in [1.165, 1.54) is 17.8 Å². The fourth-order valence-corrected chi connectivity index (χ4v) is 5.23. The number of nitrogens with one attached hydrogen (secondary N) is 1. The third-order valence-corrected chi connectivity index (χ3v) is 7.21. The number of thiophene rings is 1. The summed E-state index contributed by atoms with van der Waals surface area (Å²) in [6, 6.07) is 3.48. The molecule has 19 heavy (non-hydrogen) atoms. The van der Waals surface area contributed by atoms with Crippen LogP contribution in [0.15, 0.2) is 16.3 Å². The zero-order valence-electron chi connectivity index (χ0n) is 11.4. The Morgan fingerprint density at radius 3 is 2.74 bits per heavy atom. The first-order valence-corrected chi connectivity index (χ1v) is 9.05. The van der Waals surface area contributed by atoms with Gasteiger partial charge in [0, 0.05) is 17.5 Å². The molecule has 0 aliphatic heterocycles. The summed E-state index contributed by atoms with van der Waals surface area (Å²) in [5, 5.41) is 0. The molecular weight excluding hydrogens is 280 g/mol. The minimum absolute atomic E-state index is 0.0529. The quantitative estimate of drug-likeness (QED) is 0.896. The Morgan fingerprint density at radius 2 is 2.11 bits per heavy atom. The molecule has 1 aromatic heterocycles. The topological polar surface area (TPSA) is 72.2 Å². The van der Waals surface area contributed by atoms with Crippen molar-refractivity contribution in [1.29, 1.82) is 0 Å². The number of hydrogen-bond donors (Lipinski definition) is 2. The van der Waals surface area contributed by atoms with Crippen LogP contribution in [0.3, 0.4) is 0 Å². The maximum Gasteiger partial charge on any atom is 0.250 e. The van der Waals surface area contributed by atoms with E-state index < -0.39 is 10.0 Å². The summed E-state index contributed by atoms with van der Waals surface area (Å²) in [7, 11) is -3.39. The van der Waals surface area contributed by atoms with E-state index in [0.717, 1.165) is 17.7 Å². The molecule has 3 atom stereocenters. The first kappa shape index (κ1) is 15.0. The normalized spacial score (nSPS) is 28.5. The van der Waals surface area contributed by atoms with E-state index in [2.05, 4.69) is 18.6 Å². The van der Waals surface area contributed by atoms with E-state index in [4.69, 9.17) is 5.73 Å². The van der Waals surface area contributed by atoms with Crippen LogP contribution in [-0.2, 0) is 16.6 Å². The van der Waals surface area contributed by atoms with Crippen molar-refractivity contribution < 1.29 is 8.42 Å². The van der Waals surface area contributed by atoms with E-state index in [0.29, 0.717) is 22.6 Å². The largest absolute Gasteiger partial charge is 0.326 e. The molecule has 0 aromatic carbocycles. The smallest absolute Gasteiger partial charge is 0.250 e. The molecule has 1 aliphatic carbocycles. The molecule has 0 saturated heterocycles. The molecule has 2 rings (SSSR count). The predicted molar refractivity (Wildman–Crippen MR) is 78.5 cm³/mol. The third kappa shape index (κ3) is 3.37. The Kier molecular flexibility index (Phi) is 4.66. The maximum absolute atomic E-state index is 12.3. The Morgan fingerprint density at radius 1 is 1.37 bits per heavy atom. The van der Waals surface area contributed by atoms with Crippen LogP contribution in [0.5, 0.6) is 0 Å². The fourth-order valence-electron chi connectivity index (χ4n) is 2.62. The van der Waals surface area contributed by atoms with Crippen molar-refractivity contribution in [2.24, 2.45) is 17.6 Å². The molecule has 1 saturated carbocycles. The van der Waals surface area contributed by atoms with Gasteiger partial charge in [-0.05, 0) is 30.4 Å². The van der Waals surface area contributed by atoms with E-state index in [1.54, 1.807) is 12.1 Å². The summed E-state index contributed by atoms with van der Waals surface area (Å²) in [6.45, 7) is 4.72. The predicted octanol–water partition coefficient (Wildman–Crippen LogP) is 2.31. The van der Waals surface area contributed by atoms with Gasteiger partial charge in [-0.15, -0.1) is 11.3 Å². The van der Waals surface area contributed by atoms with Gasteiger partial charge in [-0.3, -0.25) is 0 Å². The molecule has 1 aliphatic rings. The highest BCUT2D eigenvalue weighted by molar-refractivity contribution is 7.91. The van der Waals surface area contributed by atoms with Crippen molar-refractivity contribution in [3.8, 4) is 0 Å². The molecule has 0 radical (unpaired) electrons. The molecule has 0 bridgehead atoms. The van der Waals surface area contributed by atoms with Crippen LogP contribution in [0.25, 0.3) is 0 Å². The van der Waals surface area contributed by atoms with Gasteiger partial charge >= 0.3 is 0 Å². The number of sulfonamides is 1. The van der Waals surface area contributed by atoms with Crippen molar-refractivity contribution in [3.05, 3.63) is 17.0 Å². The van der Waals surface area contributed by atoms with Gasteiger partial charge in [0.1, 0.15) is 4.21 Å². The van der Waals surface area contributed by atoms with Gasteiger partial charge < -0.3 is 5.73 Å². The standard InChI is InChI=1S/C13H22N2O2S2/c1-9-4-3-5-12(10(9)2)15-19(16,17)13-7-6-11(8-14)18-13/h6-7,9-10,12,15H,3-5,8,14H2,1-2H3. The van der Waals surface area contributed by atoms with E-state index in [9.17, 15) is 8.42 Å². The first-order chi connectivity index (χ1) is 8.94. The Labute approximate surface area is 119 Å². The van der Waals surface area contributed by atoms with E-state index in [-0.39, 0.29) is 6.04 Å². The second-order valence-electron chi connectivity index (χ2n) is 5.42. The van der Waals surface area contributed by atoms with Crippen LogP contribution in [-0.4, -0.2) is 14.5 Å². The summed E-state index contributed by atoms with van der Waals surface area (Å²) in [5.74, 6) is 0.960. The SMILES string of the molecule is CC1CCCC(NS(=O)(=O)c2ccc(CN)s2)C1C. The zero-order valence-corrected chi connectivity index (χ0v) is 13.1. The summed E-state index contributed by atoms with van der Waals surface area (Å²) < 4.78 is 27.9. The molecule has 1 aromatic rings. The van der Waals surface area contributed by atoms with Crippen LogP contribution < -0.4 is 10.5 Å². The Bertz CT molecular complexity index is 525. The number of rotatable bonds is 4. The molecule has 6 heteroatoms. The first-order valence-electron chi connectivity index (χ1n) is 6.75. The van der Waals surface area contributed by atoms with Gasteiger partial charge in [-0.1, -0.05) is 26.7 Å². The maximum atomic E-state index is 12.3. The lowest BCUT2D eigenvalue weighted by molar-refractivity contribution is 0.227. The average molecular weight is 302 g/mol. The van der Waals surface area contributed by atoms with Gasteiger partial charge in [-0.2, -0.15) is 0 Å². The Balaban J connectivity index is 2.12. The summed E-state index contributed by atoms with van der Waals surface area (Å²) in [4.78, 5) is 0.894. The van der Waals surface area contributed by atoms with E-state index >= 15 is 0 Å². The highest BCUT2D eigenvalue weighted by Gasteiger charge is 2.31. The molecule has 108 valence electrons. The molecule has 1 fully saturated rings. The van der Waals surface area contributed by atoms with Crippen molar-refractivity contribution in [1.82, 2.24) is 4.72 Å². The molecule has 3 unspecified atom stereocenters. The molecule has 0 spiro atoms. The summed E-state index contributed by atoms with van der Waals surface area (Å²) >= 11 is 1.25. The van der Waals surface area contributed by atoms with Crippen molar-refractivity contribution >= 4 is 21.4 Å². The zero-order chi connectivity index (χ0) is 14.0. The lowest BCUT2D eigenvalue weighted by Gasteiger charge is -2.34. The second-order valence-corrected chi connectivity index (χ2v) is 8.53. The van der Waals surface area contributed by atoms with Gasteiger partial charge in [0.15, 0.2) is 0 Å².